The minimum atomic E-state index is -0.523. The van der Waals surface area contributed by atoms with E-state index in [1.807, 2.05) is 4.90 Å². The highest BCUT2D eigenvalue weighted by Gasteiger charge is 2.30. The summed E-state index contributed by atoms with van der Waals surface area (Å²) in [5.74, 6) is -1.09. The molecule has 1 heterocycles. The molecule has 0 bridgehead atoms. The Hall–Kier alpha value is -2.31. The smallest absolute Gasteiger partial charge is 0.235 e. The molecule has 2 aromatic carbocycles. The first kappa shape index (κ1) is 17.5. The second-order valence-corrected chi connectivity index (χ2v) is 6.16. The van der Waals surface area contributed by atoms with Crippen LogP contribution in [0.15, 0.2) is 48.5 Å². The lowest BCUT2D eigenvalue weighted by Crippen LogP contribution is -2.51. The zero-order valence-corrected chi connectivity index (χ0v) is 13.7. The van der Waals surface area contributed by atoms with Gasteiger partial charge in [0.2, 0.25) is 5.91 Å². The second-order valence-electron chi connectivity index (χ2n) is 6.16. The maximum Gasteiger partial charge on any atom is 0.235 e. The molecule has 6 heteroatoms. The first-order valence-electron chi connectivity index (χ1n) is 8.18. The molecule has 3 rings (SSSR count). The van der Waals surface area contributed by atoms with E-state index in [1.54, 1.807) is 24.3 Å². The van der Waals surface area contributed by atoms with E-state index in [1.165, 1.54) is 24.3 Å². The number of carbonyl (C=O) groups is 1. The minimum absolute atomic E-state index is 0.320. The van der Waals surface area contributed by atoms with E-state index >= 15 is 0 Å². The number of benzene rings is 2. The maximum atomic E-state index is 13.5. The third-order valence-corrected chi connectivity index (χ3v) is 4.43. The van der Waals surface area contributed by atoms with Crippen molar-refractivity contribution >= 4 is 5.91 Å². The fraction of sp³-hybridized carbons (Fsp3) is 0.316. The first-order valence-corrected chi connectivity index (χ1v) is 8.18. The summed E-state index contributed by atoms with van der Waals surface area (Å²) in [4.78, 5) is 13.9. The Morgan fingerprint density at radius 2 is 1.96 bits per heavy atom. The van der Waals surface area contributed by atoms with Crippen LogP contribution in [0.4, 0.5) is 8.78 Å². The van der Waals surface area contributed by atoms with Gasteiger partial charge < -0.3 is 10.5 Å². The van der Waals surface area contributed by atoms with Crippen LogP contribution in [0.1, 0.15) is 17.2 Å². The molecule has 1 saturated heterocycles. The van der Waals surface area contributed by atoms with Crippen LogP contribution in [0.25, 0.3) is 0 Å². The molecule has 1 fully saturated rings. The van der Waals surface area contributed by atoms with Crippen LogP contribution in [-0.2, 0) is 16.0 Å². The molecular weight excluding hydrogens is 326 g/mol. The summed E-state index contributed by atoms with van der Waals surface area (Å²) in [6.45, 7) is 1.42. The quantitative estimate of drug-likeness (QED) is 0.905. The summed E-state index contributed by atoms with van der Waals surface area (Å²) >= 11 is 0. The van der Waals surface area contributed by atoms with Gasteiger partial charge in [-0.3, -0.25) is 9.69 Å². The van der Waals surface area contributed by atoms with Crippen molar-refractivity contribution in [1.82, 2.24) is 4.90 Å². The molecule has 2 atom stereocenters. The Balaban J connectivity index is 1.74. The second kappa shape index (κ2) is 7.72. The molecule has 0 radical (unpaired) electrons. The van der Waals surface area contributed by atoms with Crippen LogP contribution in [0.5, 0.6) is 0 Å². The van der Waals surface area contributed by atoms with Crippen LogP contribution in [0.3, 0.4) is 0 Å². The molecule has 2 N–H and O–H groups in total. The van der Waals surface area contributed by atoms with Crippen molar-refractivity contribution in [3.05, 3.63) is 71.3 Å². The summed E-state index contributed by atoms with van der Waals surface area (Å²) < 4.78 is 32.2. The molecule has 25 heavy (non-hydrogen) atoms. The van der Waals surface area contributed by atoms with E-state index in [-0.39, 0.29) is 17.7 Å². The normalized spacial score (nSPS) is 19.5. The van der Waals surface area contributed by atoms with Gasteiger partial charge in [0, 0.05) is 13.1 Å². The maximum absolute atomic E-state index is 13.5. The van der Waals surface area contributed by atoms with Crippen LogP contribution in [0, 0.1) is 11.6 Å². The molecule has 132 valence electrons. The number of rotatable bonds is 5. The summed E-state index contributed by atoms with van der Waals surface area (Å²) in [6.07, 6.45) is 0.0744. The molecule has 2 aromatic rings. The molecule has 0 saturated carbocycles. The molecule has 1 aliphatic heterocycles. The topological polar surface area (TPSA) is 55.6 Å². The van der Waals surface area contributed by atoms with Crippen LogP contribution in [0.2, 0.25) is 0 Å². The van der Waals surface area contributed by atoms with Gasteiger partial charge in [-0.2, -0.15) is 0 Å². The Bertz CT molecular complexity index is 736. The molecule has 1 aliphatic rings. The summed E-state index contributed by atoms with van der Waals surface area (Å²) in [5, 5.41) is 0. The lowest BCUT2D eigenvalue weighted by atomic mass is 10.0. The van der Waals surface area contributed by atoms with Gasteiger partial charge in [0.25, 0.3) is 0 Å². The molecule has 4 nitrogen and oxygen atoms in total. The van der Waals surface area contributed by atoms with E-state index < -0.39 is 11.9 Å². The van der Waals surface area contributed by atoms with Crippen LogP contribution >= 0.6 is 0 Å². The van der Waals surface area contributed by atoms with Gasteiger partial charge in [0.05, 0.1) is 18.8 Å². The van der Waals surface area contributed by atoms with Gasteiger partial charge in [-0.15, -0.1) is 0 Å². The fourth-order valence-corrected chi connectivity index (χ4v) is 3.11. The lowest BCUT2D eigenvalue weighted by molar-refractivity contribution is -0.127. The van der Waals surface area contributed by atoms with Crippen molar-refractivity contribution in [3.63, 3.8) is 0 Å². The van der Waals surface area contributed by atoms with Crippen LogP contribution < -0.4 is 5.73 Å². The summed E-state index contributed by atoms with van der Waals surface area (Å²) in [7, 11) is 0. The predicted octanol–water partition coefficient (Wildman–Crippen LogP) is 2.43. The van der Waals surface area contributed by atoms with Crippen molar-refractivity contribution in [2.75, 3.05) is 19.7 Å². The van der Waals surface area contributed by atoms with Crippen molar-refractivity contribution < 1.29 is 18.3 Å². The molecule has 0 spiro atoms. The average Bonchev–Trinajstić information content (AvgIpc) is 2.61. The highest BCUT2D eigenvalue weighted by Crippen LogP contribution is 2.25. The summed E-state index contributed by atoms with van der Waals surface area (Å²) in [5.41, 5.74) is 7.16. The van der Waals surface area contributed by atoms with Gasteiger partial charge in [0.1, 0.15) is 11.6 Å². The van der Waals surface area contributed by atoms with Crippen molar-refractivity contribution in [1.29, 1.82) is 0 Å². The number of amides is 1. The Kier molecular flexibility index (Phi) is 5.40. The standard InChI is InChI=1S/C19H20F2N2O2/c20-15-6-4-13(5-7-15)10-17(19(22)24)23-8-9-25-18(12-23)14-2-1-3-16(21)11-14/h1-7,11,17-18H,8-10,12H2,(H2,22,24)/t17-,18-/m0/s1. The molecule has 0 unspecified atom stereocenters. The fourth-order valence-electron chi connectivity index (χ4n) is 3.11. The Morgan fingerprint density at radius 1 is 1.20 bits per heavy atom. The van der Waals surface area contributed by atoms with Gasteiger partial charge in [-0.05, 0) is 41.8 Å². The third kappa shape index (κ3) is 4.41. The van der Waals surface area contributed by atoms with E-state index in [4.69, 9.17) is 10.5 Å². The molecule has 0 aromatic heterocycles. The zero-order chi connectivity index (χ0) is 17.8. The SMILES string of the molecule is NC(=O)[C@H](Cc1ccc(F)cc1)N1CCO[C@H](c2cccc(F)c2)C1. The third-order valence-electron chi connectivity index (χ3n) is 4.43. The number of hydrogen-bond acceptors (Lipinski definition) is 3. The number of hydrogen-bond donors (Lipinski definition) is 1. The Labute approximate surface area is 145 Å². The van der Waals surface area contributed by atoms with E-state index in [0.717, 1.165) is 11.1 Å². The molecule has 0 aliphatic carbocycles. The zero-order valence-electron chi connectivity index (χ0n) is 13.7. The van der Waals surface area contributed by atoms with Crippen molar-refractivity contribution in [2.45, 2.75) is 18.6 Å². The van der Waals surface area contributed by atoms with Gasteiger partial charge >= 0.3 is 0 Å². The lowest BCUT2D eigenvalue weighted by Gasteiger charge is -2.37. The summed E-state index contributed by atoms with van der Waals surface area (Å²) in [6, 6.07) is 11.8. The van der Waals surface area contributed by atoms with Gasteiger partial charge in [0.15, 0.2) is 0 Å². The number of morpholine rings is 1. The number of nitrogens with zero attached hydrogens (tertiary/aromatic N) is 1. The van der Waals surface area contributed by atoms with Crippen molar-refractivity contribution in [3.8, 4) is 0 Å². The average molecular weight is 346 g/mol. The van der Waals surface area contributed by atoms with Crippen molar-refractivity contribution in [2.24, 2.45) is 5.73 Å². The predicted molar refractivity (Wildman–Crippen MR) is 89.8 cm³/mol. The number of carbonyl (C=O) groups excluding carboxylic acids is 1. The first-order chi connectivity index (χ1) is 12.0. The van der Waals surface area contributed by atoms with Gasteiger partial charge in [-0.25, -0.2) is 8.78 Å². The largest absolute Gasteiger partial charge is 0.371 e. The number of primary amides is 1. The highest BCUT2D eigenvalue weighted by atomic mass is 19.1. The minimum Gasteiger partial charge on any atom is -0.371 e. The Morgan fingerprint density at radius 3 is 2.64 bits per heavy atom. The molecule has 1 amide bonds. The van der Waals surface area contributed by atoms with Gasteiger partial charge in [-0.1, -0.05) is 24.3 Å². The van der Waals surface area contributed by atoms with E-state index in [2.05, 4.69) is 0 Å². The monoisotopic (exact) mass is 346 g/mol. The van der Waals surface area contributed by atoms with E-state index in [0.29, 0.717) is 26.1 Å². The van der Waals surface area contributed by atoms with E-state index in [9.17, 15) is 13.6 Å². The number of nitrogens with two attached hydrogens (primary N) is 1. The number of halogens is 2. The molecular formula is C19H20F2N2O2. The highest BCUT2D eigenvalue weighted by molar-refractivity contribution is 5.80. The van der Waals surface area contributed by atoms with Crippen LogP contribution in [-0.4, -0.2) is 36.5 Å². The number of ether oxygens (including phenoxy) is 1.